The lowest BCUT2D eigenvalue weighted by Crippen LogP contribution is -2.52. The average molecular weight is 533 g/mol. The van der Waals surface area contributed by atoms with E-state index >= 15 is 0 Å². The summed E-state index contributed by atoms with van der Waals surface area (Å²) < 4.78 is 39.6. The van der Waals surface area contributed by atoms with Gasteiger partial charge in [-0.3, -0.25) is 10.1 Å². The Morgan fingerprint density at radius 2 is 1.76 bits per heavy atom. The molecular weight excluding hydrogens is 500 g/mol. The van der Waals surface area contributed by atoms with E-state index in [1.54, 1.807) is 30.3 Å². The summed E-state index contributed by atoms with van der Waals surface area (Å²) in [6.45, 7) is 5.34. The predicted molar refractivity (Wildman–Crippen MR) is 136 cm³/mol. The van der Waals surface area contributed by atoms with Crippen LogP contribution >= 0.6 is 0 Å². The quantitative estimate of drug-likeness (QED) is 0.180. The van der Waals surface area contributed by atoms with Gasteiger partial charge in [0.2, 0.25) is 0 Å². The number of rotatable bonds is 11. The van der Waals surface area contributed by atoms with E-state index in [-0.39, 0.29) is 19.1 Å². The van der Waals surface area contributed by atoms with Gasteiger partial charge in [0.25, 0.3) is 6.04 Å². The molecule has 12 heteroatoms. The molecule has 0 bridgehead atoms. The molecule has 200 valence electrons. The molecule has 3 atom stereocenters. The Balaban J connectivity index is 2.41. The van der Waals surface area contributed by atoms with Crippen LogP contribution < -0.4 is 23.7 Å². The maximum atomic E-state index is 12.4. The molecule has 1 aliphatic rings. The number of ether oxygens (including phenoxy) is 6. The van der Waals surface area contributed by atoms with Crippen molar-refractivity contribution in [1.29, 1.82) is 5.26 Å². The first-order valence-corrected chi connectivity index (χ1v) is 14.9. The smallest absolute Gasteiger partial charge is 0.257 e. The number of hydrogen-bond donors (Lipinski definition) is 0. The molecule has 0 spiro atoms. The van der Waals surface area contributed by atoms with Crippen LogP contribution in [0, 0.1) is 21.4 Å². The predicted octanol–water partition coefficient (Wildman–Crippen LogP) is 4.09. The van der Waals surface area contributed by atoms with Gasteiger partial charge in [-0.1, -0.05) is 0 Å². The van der Waals surface area contributed by atoms with Gasteiger partial charge < -0.3 is 32.8 Å². The van der Waals surface area contributed by atoms with E-state index in [1.807, 2.05) is 19.6 Å². The molecule has 0 aliphatic carbocycles. The lowest BCUT2D eigenvalue weighted by molar-refractivity contribution is -0.534. The van der Waals surface area contributed by atoms with Crippen LogP contribution in [-0.4, -0.2) is 61.1 Å². The van der Waals surface area contributed by atoms with E-state index in [2.05, 4.69) is 6.07 Å². The molecule has 3 unspecified atom stereocenters. The third-order valence-corrected chi connectivity index (χ3v) is 6.84. The van der Waals surface area contributed by atoms with E-state index in [4.69, 9.17) is 32.8 Å². The zero-order valence-corrected chi connectivity index (χ0v) is 23.0. The van der Waals surface area contributed by atoms with Crippen molar-refractivity contribution in [3.8, 4) is 34.8 Å². The first-order chi connectivity index (χ1) is 17.5. The molecule has 0 saturated carbocycles. The van der Waals surface area contributed by atoms with Crippen LogP contribution in [0.2, 0.25) is 19.6 Å². The summed E-state index contributed by atoms with van der Waals surface area (Å²) in [6, 6.07) is 9.11. The van der Waals surface area contributed by atoms with Gasteiger partial charge in [-0.05, 0) is 37.8 Å². The third-order valence-electron chi connectivity index (χ3n) is 5.91. The summed E-state index contributed by atoms with van der Waals surface area (Å²) in [5.74, 6) is 0.690. The number of hydrogen-bond acceptors (Lipinski definition) is 10. The molecule has 0 aromatic heterocycles. The van der Waals surface area contributed by atoms with Crippen LogP contribution in [0.1, 0.15) is 17.0 Å². The molecule has 0 fully saturated rings. The fraction of sp³-hybridized carbons (Fsp3) is 0.480. The molecule has 2 aromatic rings. The van der Waals surface area contributed by atoms with Crippen molar-refractivity contribution >= 4 is 8.32 Å². The molecular formula is C25H32N2O9Si. The van der Waals surface area contributed by atoms with Gasteiger partial charge in [-0.15, -0.1) is 0 Å². The highest BCUT2D eigenvalue weighted by Gasteiger charge is 2.57. The first-order valence-electron chi connectivity index (χ1n) is 11.5. The molecule has 1 heterocycles. The Kier molecular flexibility index (Phi) is 8.52. The van der Waals surface area contributed by atoms with Crippen LogP contribution in [0.25, 0.3) is 0 Å². The molecule has 0 amide bonds. The summed E-state index contributed by atoms with van der Waals surface area (Å²) in [5, 5.41) is 23.3. The minimum Gasteiger partial charge on any atom is -0.497 e. The highest BCUT2D eigenvalue weighted by Crippen LogP contribution is 2.53. The molecule has 3 rings (SSSR count). The summed E-state index contributed by atoms with van der Waals surface area (Å²) in [6.07, 6.45) is 0. The third kappa shape index (κ3) is 5.58. The van der Waals surface area contributed by atoms with Gasteiger partial charge in [0.15, 0.2) is 38.8 Å². The molecule has 0 saturated heterocycles. The molecule has 11 nitrogen and oxygen atoms in total. The Morgan fingerprint density at radius 3 is 2.30 bits per heavy atom. The van der Waals surface area contributed by atoms with Gasteiger partial charge in [-0.2, -0.15) is 5.26 Å². The molecule has 0 N–H and O–H groups in total. The summed E-state index contributed by atoms with van der Waals surface area (Å²) >= 11 is 0. The van der Waals surface area contributed by atoms with Gasteiger partial charge in [0.1, 0.15) is 29.2 Å². The summed E-state index contributed by atoms with van der Waals surface area (Å²) in [5.41, 5.74) is -1.14. The summed E-state index contributed by atoms with van der Waals surface area (Å²) in [4.78, 5) is 12.0. The number of fused-ring (bicyclic) bond motifs is 1. The van der Waals surface area contributed by atoms with Gasteiger partial charge >= 0.3 is 0 Å². The monoisotopic (exact) mass is 532 g/mol. The first kappa shape index (κ1) is 28.0. The van der Waals surface area contributed by atoms with E-state index in [9.17, 15) is 15.4 Å². The van der Waals surface area contributed by atoms with E-state index in [0.29, 0.717) is 34.1 Å². The van der Waals surface area contributed by atoms with E-state index in [1.165, 1.54) is 28.4 Å². The Labute approximate surface area is 217 Å². The molecule has 0 radical (unpaired) electrons. The van der Waals surface area contributed by atoms with Crippen molar-refractivity contribution in [1.82, 2.24) is 0 Å². The zero-order valence-electron chi connectivity index (χ0n) is 22.0. The molecule has 2 aromatic carbocycles. The highest BCUT2D eigenvalue weighted by atomic mass is 28.4. The van der Waals surface area contributed by atoms with Crippen LogP contribution in [0.15, 0.2) is 30.3 Å². The summed E-state index contributed by atoms with van der Waals surface area (Å²) in [7, 11) is 3.37. The van der Waals surface area contributed by atoms with Crippen LogP contribution in [0.4, 0.5) is 0 Å². The second-order valence-corrected chi connectivity index (χ2v) is 13.8. The number of nitriles is 1. The standard InChI is InChI=1S/C25H32N2O9Si/c1-30-15-35-21-10-16(31-2)8-9-18(21)25(14-26,36-37(5,6)7)24-17-11-22(32-3)23(33-4)12-20(17)34-13-19(24)27(28)29/h8-12,19,24H,13,15H2,1-7H3. The maximum Gasteiger partial charge on any atom is 0.257 e. The van der Waals surface area contributed by atoms with Crippen LogP contribution in [0.3, 0.4) is 0 Å². The van der Waals surface area contributed by atoms with Gasteiger partial charge in [0.05, 0.1) is 21.3 Å². The Hall–Kier alpha value is -3.53. The second kappa shape index (κ2) is 11.2. The fourth-order valence-corrected chi connectivity index (χ4v) is 5.74. The second-order valence-electron chi connectivity index (χ2n) is 9.36. The van der Waals surface area contributed by atoms with Crippen LogP contribution in [0.5, 0.6) is 28.7 Å². The largest absolute Gasteiger partial charge is 0.497 e. The number of nitro groups is 1. The highest BCUT2D eigenvalue weighted by molar-refractivity contribution is 6.69. The van der Waals surface area contributed by atoms with Crippen molar-refractivity contribution in [2.45, 2.75) is 37.2 Å². The number of nitrogens with zero attached hydrogens (tertiary/aromatic N) is 2. The van der Waals surface area contributed by atoms with Crippen LogP contribution in [-0.2, 0) is 14.8 Å². The van der Waals surface area contributed by atoms with Crippen molar-refractivity contribution in [3.05, 3.63) is 51.6 Å². The van der Waals surface area contributed by atoms with Gasteiger partial charge in [0, 0.05) is 35.3 Å². The lowest BCUT2D eigenvalue weighted by Gasteiger charge is -2.43. The lowest BCUT2D eigenvalue weighted by atomic mass is 9.72. The van der Waals surface area contributed by atoms with Crippen molar-refractivity contribution in [2.24, 2.45) is 0 Å². The van der Waals surface area contributed by atoms with Crippen molar-refractivity contribution < 1.29 is 37.8 Å². The normalized spacial score (nSPS) is 18.4. The number of methoxy groups -OCH3 is 4. The average Bonchev–Trinajstić information content (AvgIpc) is 2.88. The van der Waals surface area contributed by atoms with E-state index in [0.717, 1.165) is 0 Å². The van der Waals surface area contributed by atoms with Crippen molar-refractivity contribution in [3.63, 3.8) is 0 Å². The fourth-order valence-electron chi connectivity index (χ4n) is 4.50. The SMILES string of the molecule is COCOc1cc(OC)ccc1C(C#N)(O[Si](C)(C)C)C1c2cc(OC)c(OC)cc2OCC1[N+](=O)[O-]. The van der Waals surface area contributed by atoms with Crippen molar-refractivity contribution in [2.75, 3.05) is 41.8 Å². The minimum atomic E-state index is -2.54. The maximum absolute atomic E-state index is 12.4. The minimum absolute atomic E-state index is 0.122. The zero-order chi connectivity index (χ0) is 27.4. The Morgan fingerprint density at radius 1 is 1.08 bits per heavy atom. The topological polar surface area (TPSA) is 132 Å². The molecule has 37 heavy (non-hydrogen) atoms. The number of benzene rings is 2. The van der Waals surface area contributed by atoms with Gasteiger partial charge in [-0.25, -0.2) is 0 Å². The Bertz CT molecular complexity index is 1180. The van der Waals surface area contributed by atoms with E-state index < -0.39 is 30.8 Å². The molecule has 1 aliphatic heterocycles.